The number of carbonyl (C=O) groups excluding carboxylic acids is 2. The number of benzene rings is 1. The van der Waals surface area contributed by atoms with Crippen molar-refractivity contribution in [3.8, 4) is 17.0 Å². The van der Waals surface area contributed by atoms with E-state index >= 15 is 0 Å². The van der Waals surface area contributed by atoms with Crippen LogP contribution in [0.5, 0.6) is 5.75 Å². The first-order chi connectivity index (χ1) is 15.4. The molecular formula is C26H34N2O4S. The topological polar surface area (TPSA) is 69.9 Å². The Morgan fingerprint density at radius 1 is 1.06 bits per heavy atom. The first-order valence-corrected chi connectivity index (χ1v) is 12.2. The summed E-state index contributed by atoms with van der Waals surface area (Å²) in [6, 6.07) is 4.19. The lowest BCUT2D eigenvalue weighted by molar-refractivity contribution is -0.142. The van der Waals surface area contributed by atoms with Crippen LogP contribution in [-0.2, 0) is 26.8 Å². The predicted molar refractivity (Wildman–Crippen MR) is 133 cm³/mol. The zero-order valence-electron chi connectivity index (χ0n) is 20.9. The third-order valence-electron chi connectivity index (χ3n) is 5.41. The molecule has 0 fully saturated rings. The first kappa shape index (κ1) is 25.0. The standard InChI is InChI=1S/C26H34N2O4S/c1-9-31-21(30)13-17-14-28-20(15-29)22(27-24(28)33-17)16-11-18(25(3,4)5)23(32-10-2)19(12-16)26(6,7)8/h11-12,14-15H,9-10,13H2,1-8H3. The summed E-state index contributed by atoms with van der Waals surface area (Å²) in [5, 5.41) is 0. The van der Waals surface area contributed by atoms with Crippen molar-refractivity contribution < 1.29 is 19.1 Å². The van der Waals surface area contributed by atoms with Crippen molar-refractivity contribution >= 4 is 28.6 Å². The third-order valence-corrected chi connectivity index (χ3v) is 6.40. The molecule has 178 valence electrons. The molecular weight excluding hydrogens is 436 g/mol. The second-order valence-electron chi connectivity index (χ2n) is 10.1. The molecule has 3 rings (SSSR count). The number of esters is 1. The van der Waals surface area contributed by atoms with Gasteiger partial charge in [-0.2, -0.15) is 0 Å². The highest BCUT2D eigenvalue weighted by atomic mass is 32.1. The van der Waals surface area contributed by atoms with Gasteiger partial charge in [0.2, 0.25) is 0 Å². The van der Waals surface area contributed by atoms with Gasteiger partial charge in [-0.05, 0) is 36.8 Å². The van der Waals surface area contributed by atoms with Crippen molar-refractivity contribution in [3.63, 3.8) is 0 Å². The second-order valence-corrected chi connectivity index (χ2v) is 11.2. The summed E-state index contributed by atoms with van der Waals surface area (Å²) in [6.07, 6.45) is 2.81. The minimum atomic E-state index is -0.286. The monoisotopic (exact) mass is 470 g/mol. The van der Waals surface area contributed by atoms with Crippen molar-refractivity contribution in [1.29, 1.82) is 0 Å². The van der Waals surface area contributed by atoms with Crippen LogP contribution in [0.25, 0.3) is 16.2 Å². The average molecular weight is 471 g/mol. The molecule has 0 aliphatic rings. The number of aromatic nitrogens is 2. The first-order valence-electron chi connectivity index (χ1n) is 11.3. The van der Waals surface area contributed by atoms with E-state index in [4.69, 9.17) is 14.5 Å². The molecule has 6 nitrogen and oxygen atoms in total. The van der Waals surface area contributed by atoms with Crippen LogP contribution < -0.4 is 4.74 Å². The summed E-state index contributed by atoms with van der Waals surface area (Å²) in [6.45, 7) is 17.7. The summed E-state index contributed by atoms with van der Waals surface area (Å²) in [5.41, 5.74) is 3.85. The number of imidazole rings is 1. The number of aldehydes is 1. The maximum absolute atomic E-state index is 12.2. The number of rotatable bonds is 7. The van der Waals surface area contributed by atoms with Crippen molar-refractivity contribution in [2.75, 3.05) is 13.2 Å². The molecule has 33 heavy (non-hydrogen) atoms. The van der Waals surface area contributed by atoms with Gasteiger partial charge < -0.3 is 9.47 Å². The molecule has 0 N–H and O–H groups in total. The van der Waals surface area contributed by atoms with E-state index in [1.165, 1.54) is 11.3 Å². The fourth-order valence-corrected chi connectivity index (χ4v) is 4.82. The number of nitrogens with zero attached hydrogens (tertiary/aromatic N) is 2. The van der Waals surface area contributed by atoms with Crippen molar-refractivity contribution in [1.82, 2.24) is 9.38 Å². The third kappa shape index (κ3) is 5.13. The zero-order valence-corrected chi connectivity index (χ0v) is 21.7. The maximum atomic E-state index is 12.2. The fraction of sp³-hybridized carbons (Fsp3) is 0.500. The van der Waals surface area contributed by atoms with Gasteiger partial charge in [0.05, 0.1) is 19.6 Å². The normalized spacial score (nSPS) is 12.2. The summed E-state index contributed by atoms with van der Waals surface area (Å²) in [7, 11) is 0. The van der Waals surface area contributed by atoms with Crippen LogP contribution in [0.2, 0.25) is 0 Å². The summed E-state index contributed by atoms with van der Waals surface area (Å²) < 4.78 is 13.0. The fourth-order valence-electron chi connectivity index (χ4n) is 3.85. The largest absolute Gasteiger partial charge is 0.493 e. The van der Waals surface area contributed by atoms with E-state index in [0.29, 0.717) is 29.6 Å². The van der Waals surface area contributed by atoms with Gasteiger partial charge in [-0.3, -0.25) is 14.0 Å². The van der Waals surface area contributed by atoms with Crippen molar-refractivity contribution in [2.45, 2.75) is 72.6 Å². The van der Waals surface area contributed by atoms with E-state index in [-0.39, 0.29) is 23.2 Å². The van der Waals surface area contributed by atoms with E-state index in [1.807, 2.05) is 6.92 Å². The van der Waals surface area contributed by atoms with E-state index in [1.54, 1.807) is 17.5 Å². The molecule has 0 radical (unpaired) electrons. The van der Waals surface area contributed by atoms with Gasteiger partial charge in [-0.1, -0.05) is 41.5 Å². The maximum Gasteiger partial charge on any atom is 0.311 e. The van der Waals surface area contributed by atoms with Crippen LogP contribution in [0.3, 0.4) is 0 Å². The molecule has 0 amide bonds. The summed E-state index contributed by atoms with van der Waals surface area (Å²) in [5.74, 6) is 0.623. The highest BCUT2D eigenvalue weighted by Crippen LogP contribution is 2.43. The number of thiazole rings is 1. The van der Waals surface area contributed by atoms with E-state index in [2.05, 4.69) is 53.7 Å². The van der Waals surface area contributed by atoms with E-state index < -0.39 is 0 Å². The lowest BCUT2D eigenvalue weighted by Crippen LogP contribution is -2.20. The number of ether oxygens (including phenoxy) is 2. The molecule has 0 saturated heterocycles. The van der Waals surface area contributed by atoms with Gasteiger partial charge in [-0.25, -0.2) is 4.98 Å². The highest BCUT2D eigenvalue weighted by molar-refractivity contribution is 7.17. The van der Waals surface area contributed by atoms with Crippen LogP contribution in [-0.4, -0.2) is 34.9 Å². The minimum Gasteiger partial charge on any atom is -0.493 e. The van der Waals surface area contributed by atoms with Crippen LogP contribution in [0.4, 0.5) is 0 Å². The van der Waals surface area contributed by atoms with Gasteiger partial charge in [0, 0.05) is 27.8 Å². The van der Waals surface area contributed by atoms with E-state index in [9.17, 15) is 9.59 Å². The van der Waals surface area contributed by atoms with Gasteiger partial charge in [-0.15, -0.1) is 11.3 Å². The molecule has 0 spiro atoms. The number of carbonyl (C=O) groups is 2. The molecule has 0 atom stereocenters. The molecule has 0 aliphatic heterocycles. The highest BCUT2D eigenvalue weighted by Gasteiger charge is 2.29. The Kier molecular flexibility index (Phi) is 7.03. The van der Waals surface area contributed by atoms with Crippen LogP contribution >= 0.6 is 11.3 Å². The molecule has 2 heterocycles. The lowest BCUT2D eigenvalue weighted by Gasteiger charge is -2.30. The molecule has 3 aromatic rings. The molecule has 0 aliphatic carbocycles. The Hall–Kier alpha value is -2.67. The van der Waals surface area contributed by atoms with Gasteiger partial charge in [0.15, 0.2) is 11.2 Å². The van der Waals surface area contributed by atoms with E-state index in [0.717, 1.165) is 33.6 Å². The minimum absolute atomic E-state index is 0.161. The Morgan fingerprint density at radius 2 is 1.67 bits per heavy atom. The molecule has 2 aromatic heterocycles. The second kappa shape index (κ2) is 9.29. The molecule has 0 saturated carbocycles. The van der Waals surface area contributed by atoms with Crippen molar-refractivity contribution in [3.05, 3.63) is 40.0 Å². The van der Waals surface area contributed by atoms with Crippen LogP contribution in [0.15, 0.2) is 18.3 Å². The molecule has 7 heteroatoms. The molecule has 0 unspecified atom stereocenters. The Balaban J connectivity index is 2.21. The van der Waals surface area contributed by atoms with Crippen LogP contribution in [0.1, 0.15) is 81.9 Å². The number of hydrogen-bond acceptors (Lipinski definition) is 6. The Bertz CT molecular complexity index is 1140. The quantitative estimate of drug-likeness (QED) is 0.314. The van der Waals surface area contributed by atoms with Gasteiger partial charge in [0.25, 0.3) is 0 Å². The average Bonchev–Trinajstić information content (AvgIpc) is 3.23. The van der Waals surface area contributed by atoms with Gasteiger partial charge in [0.1, 0.15) is 17.1 Å². The van der Waals surface area contributed by atoms with Crippen LogP contribution in [0, 0.1) is 0 Å². The molecule has 1 aromatic carbocycles. The smallest absolute Gasteiger partial charge is 0.311 e. The summed E-state index contributed by atoms with van der Waals surface area (Å²) >= 11 is 1.39. The van der Waals surface area contributed by atoms with Gasteiger partial charge >= 0.3 is 5.97 Å². The lowest BCUT2D eigenvalue weighted by atomic mass is 9.78. The zero-order chi connectivity index (χ0) is 24.6. The number of hydrogen-bond donors (Lipinski definition) is 0. The Morgan fingerprint density at radius 3 is 2.15 bits per heavy atom. The van der Waals surface area contributed by atoms with Crippen molar-refractivity contribution in [2.24, 2.45) is 0 Å². The predicted octanol–water partition coefficient (Wildman–Crippen LogP) is 5.97. The SMILES string of the molecule is CCOC(=O)Cc1cn2c(C=O)c(-c3cc(C(C)(C)C)c(OCC)c(C(C)(C)C)c3)nc2s1. The molecule has 0 bridgehead atoms. The summed E-state index contributed by atoms with van der Waals surface area (Å²) in [4.78, 5) is 30.3. The number of fused-ring (bicyclic) bond motifs is 1. The Labute approximate surface area is 199 Å².